The Morgan fingerprint density at radius 3 is 2.67 bits per heavy atom. The van der Waals surface area contributed by atoms with E-state index in [0.29, 0.717) is 5.69 Å². The number of hydrogen-bond acceptors (Lipinski definition) is 3. The lowest BCUT2D eigenvalue weighted by Crippen LogP contribution is -1.98. The van der Waals surface area contributed by atoms with Crippen molar-refractivity contribution in [2.45, 2.75) is 0 Å². The predicted octanol–water partition coefficient (Wildman–Crippen LogP) is 4.36. The lowest BCUT2D eigenvalue weighted by atomic mass is 10.1. The molecule has 2 N–H and O–H groups in total. The molecule has 0 aliphatic rings. The van der Waals surface area contributed by atoms with Crippen LogP contribution in [0.25, 0.3) is 22.4 Å². The second-order valence-corrected chi connectivity index (χ2v) is 6.47. The molecule has 2 aromatic carbocycles. The van der Waals surface area contributed by atoms with E-state index in [1.165, 1.54) is 0 Å². The summed E-state index contributed by atoms with van der Waals surface area (Å²) in [6, 6.07) is 9.73. The van der Waals surface area contributed by atoms with Crippen LogP contribution in [0.4, 0.5) is 5.69 Å². The molecule has 0 atom stereocenters. The second-order valence-electron chi connectivity index (χ2n) is 4.70. The number of nitrogens with two attached hydrogens (primary N) is 1. The molecule has 1 heterocycles. The number of aryl methyl sites for hydroxylation is 1. The Bertz CT molecular complexity index is 843. The Morgan fingerprint density at radius 2 is 1.95 bits per heavy atom. The van der Waals surface area contributed by atoms with E-state index in [-0.39, 0.29) is 0 Å². The van der Waals surface area contributed by atoms with E-state index < -0.39 is 0 Å². The predicted molar refractivity (Wildman–Crippen MR) is 92.5 cm³/mol. The van der Waals surface area contributed by atoms with E-state index in [1.54, 1.807) is 7.11 Å². The molecule has 0 saturated heterocycles. The molecule has 6 heteroatoms. The van der Waals surface area contributed by atoms with Crippen LogP contribution in [-0.2, 0) is 7.05 Å². The first-order chi connectivity index (χ1) is 10.0. The third-order valence-electron chi connectivity index (χ3n) is 3.42. The Labute approximate surface area is 139 Å². The van der Waals surface area contributed by atoms with Crippen LogP contribution in [0.1, 0.15) is 0 Å². The summed E-state index contributed by atoms with van der Waals surface area (Å²) in [5, 5.41) is 0. The number of aromatic nitrogens is 2. The lowest BCUT2D eigenvalue weighted by molar-refractivity contribution is 0.415. The number of rotatable bonds is 2. The van der Waals surface area contributed by atoms with Crippen molar-refractivity contribution in [3.05, 3.63) is 39.3 Å². The minimum atomic E-state index is 0.670. The van der Waals surface area contributed by atoms with E-state index in [9.17, 15) is 0 Å². The Hall–Kier alpha value is -1.53. The molecule has 3 aromatic rings. The standard InChI is InChI=1S/C15H13Br2N3O/c1-20-13-4-3-9(21-2)7-12(13)19-15(20)10-5-8(16)6-11(17)14(10)18/h3-7H,18H2,1-2H3. The molecule has 0 aliphatic carbocycles. The number of ether oxygens (including phenoxy) is 1. The summed E-state index contributed by atoms with van der Waals surface area (Å²) in [5.74, 6) is 1.60. The van der Waals surface area contributed by atoms with Crippen LogP contribution < -0.4 is 10.5 Å². The van der Waals surface area contributed by atoms with Gasteiger partial charge in [-0.1, -0.05) is 15.9 Å². The van der Waals surface area contributed by atoms with Crippen LogP contribution in [0.15, 0.2) is 39.3 Å². The van der Waals surface area contributed by atoms with E-state index >= 15 is 0 Å². The summed E-state index contributed by atoms with van der Waals surface area (Å²) < 4.78 is 9.07. The van der Waals surface area contributed by atoms with Crippen LogP contribution in [0.2, 0.25) is 0 Å². The Morgan fingerprint density at radius 1 is 1.19 bits per heavy atom. The zero-order chi connectivity index (χ0) is 15.1. The molecule has 0 aliphatic heterocycles. The average molecular weight is 411 g/mol. The third kappa shape index (κ3) is 2.42. The molecular weight excluding hydrogens is 398 g/mol. The molecule has 0 unspecified atom stereocenters. The molecule has 0 spiro atoms. The number of anilines is 1. The molecule has 1 aromatic heterocycles. The maximum absolute atomic E-state index is 6.18. The number of nitrogen functional groups attached to an aromatic ring is 1. The fourth-order valence-electron chi connectivity index (χ4n) is 2.32. The van der Waals surface area contributed by atoms with Crippen molar-refractivity contribution in [3.8, 4) is 17.1 Å². The highest BCUT2D eigenvalue weighted by atomic mass is 79.9. The van der Waals surface area contributed by atoms with E-state index in [0.717, 1.165) is 37.1 Å². The molecule has 0 fully saturated rings. The van der Waals surface area contributed by atoms with Gasteiger partial charge in [0.05, 0.1) is 23.8 Å². The zero-order valence-electron chi connectivity index (χ0n) is 11.5. The molecule has 21 heavy (non-hydrogen) atoms. The molecule has 0 bridgehead atoms. The van der Waals surface area contributed by atoms with Gasteiger partial charge in [0.2, 0.25) is 0 Å². The number of methoxy groups -OCH3 is 1. The Kier molecular flexibility index (Phi) is 3.67. The van der Waals surface area contributed by atoms with Gasteiger partial charge in [-0.3, -0.25) is 0 Å². The zero-order valence-corrected chi connectivity index (χ0v) is 14.7. The lowest BCUT2D eigenvalue weighted by Gasteiger charge is -2.08. The monoisotopic (exact) mass is 409 g/mol. The van der Waals surface area contributed by atoms with Gasteiger partial charge in [-0.05, 0) is 40.2 Å². The summed E-state index contributed by atoms with van der Waals surface area (Å²) in [4.78, 5) is 4.70. The first-order valence-corrected chi connectivity index (χ1v) is 7.85. The number of fused-ring (bicyclic) bond motifs is 1. The number of hydrogen-bond donors (Lipinski definition) is 1. The van der Waals surface area contributed by atoms with Crippen molar-refractivity contribution in [2.24, 2.45) is 7.05 Å². The number of halogens is 2. The topological polar surface area (TPSA) is 53.1 Å². The van der Waals surface area contributed by atoms with Gasteiger partial charge < -0.3 is 15.0 Å². The van der Waals surface area contributed by atoms with Crippen LogP contribution in [0.3, 0.4) is 0 Å². The summed E-state index contributed by atoms with van der Waals surface area (Å²) in [7, 11) is 3.62. The fraction of sp³-hybridized carbons (Fsp3) is 0.133. The summed E-state index contributed by atoms with van der Waals surface area (Å²) in [6.45, 7) is 0. The number of benzene rings is 2. The molecule has 0 amide bonds. The van der Waals surface area contributed by atoms with E-state index in [1.807, 2.05) is 41.9 Å². The SMILES string of the molecule is COc1ccc2c(c1)nc(-c1cc(Br)cc(Br)c1N)n2C. The third-order valence-corrected chi connectivity index (χ3v) is 4.54. The number of imidazole rings is 1. The molecule has 0 radical (unpaired) electrons. The van der Waals surface area contributed by atoms with Gasteiger partial charge in [0.1, 0.15) is 11.6 Å². The normalized spacial score (nSPS) is 11.0. The summed E-state index contributed by atoms with van der Waals surface area (Å²) in [5.41, 5.74) is 9.64. The van der Waals surface area contributed by atoms with E-state index in [2.05, 4.69) is 31.9 Å². The van der Waals surface area contributed by atoms with Crippen LogP contribution in [-0.4, -0.2) is 16.7 Å². The summed E-state index contributed by atoms with van der Waals surface area (Å²) >= 11 is 6.97. The number of nitrogens with zero attached hydrogens (tertiary/aromatic N) is 2. The quantitative estimate of drug-likeness (QED) is 0.638. The van der Waals surface area contributed by atoms with Crippen LogP contribution in [0, 0.1) is 0 Å². The molecule has 108 valence electrons. The van der Waals surface area contributed by atoms with Gasteiger partial charge in [0.15, 0.2) is 0 Å². The Balaban J connectivity index is 2.28. The average Bonchev–Trinajstić information content (AvgIpc) is 2.79. The highest BCUT2D eigenvalue weighted by Crippen LogP contribution is 2.36. The second kappa shape index (κ2) is 5.35. The fourth-order valence-corrected chi connectivity index (χ4v) is 3.54. The van der Waals surface area contributed by atoms with Gasteiger partial charge in [-0.25, -0.2) is 4.98 Å². The molecule has 3 rings (SSSR count). The van der Waals surface area contributed by atoms with Gasteiger partial charge in [-0.15, -0.1) is 0 Å². The maximum atomic E-state index is 6.18. The first kappa shape index (κ1) is 14.4. The van der Waals surface area contributed by atoms with Crippen molar-refractivity contribution >= 4 is 48.6 Å². The van der Waals surface area contributed by atoms with Gasteiger partial charge in [-0.2, -0.15) is 0 Å². The van der Waals surface area contributed by atoms with Crippen LogP contribution >= 0.6 is 31.9 Å². The van der Waals surface area contributed by atoms with Gasteiger partial charge in [0.25, 0.3) is 0 Å². The molecule has 4 nitrogen and oxygen atoms in total. The van der Waals surface area contributed by atoms with E-state index in [4.69, 9.17) is 15.5 Å². The van der Waals surface area contributed by atoms with Crippen molar-refractivity contribution in [3.63, 3.8) is 0 Å². The van der Waals surface area contributed by atoms with Crippen molar-refractivity contribution < 1.29 is 4.74 Å². The van der Waals surface area contributed by atoms with Crippen molar-refractivity contribution in [2.75, 3.05) is 12.8 Å². The van der Waals surface area contributed by atoms with Gasteiger partial charge >= 0.3 is 0 Å². The maximum Gasteiger partial charge on any atom is 0.143 e. The highest BCUT2D eigenvalue weighted by Gasteiger charge is 2.15. The largest absolute Gasteiger partial charge is 0.497 e. The van der Waals surface area contributed by atoms with Crippen LogP contribution in [0.5, 0.6) is 5.75 Å². The van der Waals surface area contributed by atoms with Crippen molar-refractivity contribution in [1.29, 1.82) is 0 Å². The smallest absolute Gasteiger partial charge is 0.143 e. The molecular formula is C15H13Br2N3O. The highest BCUT2D eigenvalue weighted by molar-refractivity contribution is 9.11. The first-order valence-electron chi connectivity index (χ1n) is 6.26. The van der Waals surface area contributed by atoms with Gasteiger partial charge in [0, 0.05) is 27.6 Å². The summed E-state index contributed by atoms with van der Waals surface area (Å²) in [6.07, 6.45) is 0. The minimum absolute atomic E-state index is 0.670. The van der Waals surface area contributed by atoms with Crippen molar-refractivity contribution in [1.82, 2.24) is 9.55 Å². The molecule has 0 saturated carbocycles. The minimum Gasteiger partial charge on any atom is -0.497 e.